The van der Waals surface area contributed by atoms with Crippen LogP contribution < -0.4 is 5.73 Å². The van der Waals surface area contributed by atoms with E-state index in [2.05, 4.69) is 18.7 Å². The SMILES string of the molecule is CC(C)N1CCOC(CS(=O)c2cc(Cl)ccc2N)C1. The molecular formula is C14H21ClN2O2S. The maximum atomic E-state index is 12.4. The molecule has 1 aliphatic rings. The van der Waals surface area contributed by atoms with Crippen molar-refractivity contribution in [1.29, 1.82) is 0 Å². The van der Waals surface area contributed by atoms with Gasteiger partial charge in [0.2, 0.25) is 0 Å². The lowest BCUT2D eigenvalue weighted by atomic mass is 10.2. The molecule has 0 saturated carbocycles. The third-order valence-corrected chi connectivity index (χ3v) is 5.21. The Morgan fingerprint density at radius 2 is 2.30 bits per heavy atom. The molecule has 0 aromatic heterocycles. The molecule has 1 aromatic carbocycles. The first-order valence-electron chi connectivity index (χ1n) is 6.76. The van der Waals surface area contributed by atoms with Gasteiger partial charge >= 0.3 is 0 Å². The Morgan fingerprint density at radius 1 is 1.55 bits per heavy atom. The van der Waals surface area contributed by atoms with Gasteiger partial charge in [-0.25, -0.2) is 0 Å². The average molecular weight is 317 g/mol. The van der Waals surface area contributed by atoms with E-state index in [0.29, 0.717) is 34.0 Å². The molecule has 0 radical (unpaired) electrons. The van der Waals surface area contributed by atoms with Gasteiger partial charge in [0.25, 0.3) is 0 Å². The topological polar surface area (TPSA) is 55.6 Å². The van der Waals surface area contributed by atoms with Crippen LogP contribution in [-0.2, 0) is 15.5 Å². The minimum atomic E-state index is -1.19. The Balaban J connectivity index is 2.02. The maximum absolute atomic E-state index is 12.4. The summed E-state index contributed by atoms with van der Waals surface area (Å²) >= 11 is 5.94. The molecule has 0 bridgehead atoms. The number of nitrogen functional groups attached to an aromatic ring is 1. The molecule has 1 fully saturated rings. The fourth-order valence-electron chi connectivity index (χ4n) is 2.28. The van der Waals surface area contributed by atoms with Crippen molar-refractivity contribution in [1.82, 2.24) is 4.90 Å². The number of morpholine rings is 1. The Hall–Kier alpha value is -0.620. The molecule has 1 saturated heterocycles. The summed E-state index contributed by atoms with van der Waals surface area (Å²) in [6.07, 6.45) is -0.0228. The summed E-state index contributed by atoms with van der Waals surface area (Å²) in [4.78, 5) is 2.94. The standard InChI is InChI=1S/C14H21ClN2O2S/c1-10(2)17-5-6-19-12(8-17)9-20(18)14-7-11(15)3-4-13(14)16/h3-4,7,10,12H,5-6,8-9,16H2,1-2H3. The number of halogens is 1. The lowest BCUT2D eigenvalue weighted by Gasteiger charge is -2.35. The van der Waals surface area contributed by atoms with Crippen LogP contribution in [0, 0.1) is 0 Å². The van der Waals surface area contributed by atoms with Crippen molar-refractivity contribution in [3.63, 3.8) is 0 Å². The third kappa shape index (κ3) is 3.95. The van der Waals surface area contributed by atoms with Crippen molar-refractivity contribution in [3.05, 3.63) is 23.2 Å². The van der Waals surface area contributed by atoms with Gasteiger partial charge in [0, 0.05) is 29.8 Å². The van der Waals surface area contributed by atoms with Crippen LogP contribution in [0.4, 0.5) is 5.69 Å². The first-order chi connectivity index (χ1) is 9.47. The van der Waals surface area contributed by atoms with E-state index in [1.54, 1.807) is 18.2 Å². The van der Waals surface area contributed by atoms with Crippen molar-refractivity contribution in [2.75, 3.05) is 31.2 Å². The van der Waals surface area contributed by atoms with Crippen LogP contribution in [0.5, 0.6) is 0 Å². The fourth-order valence-corrected chi connectivity index (χ4v) is 3.82. The zero-order valence-corrected chi connectivity index (χ0v) is 13.4. The highest BCUT2D eigenvalue weighted by atomic mass is 35.5. The number of benzene rings is 1. The number of nitrogens with zero attached hydrogens (tertiary/aromatic N) is 1. The quantitative estimate of drug-likeness (QED) is 0.865. The third-order valence-electron chi connectivity index (χ3n) is 3.46. The van der Waals surface area contributed by atoms with Crippen molar-refractivity contribution in [3.8, 4) is 0 Å². The van der Waals surface area contributed by atoms with Crippen molar-refractivity contribution >= 4 is 28.1 Å². The van der Waals surface area contributed by atoms with Crippen LogP contribution in [0.3, 0.4) is 0 Å². The summed E-state index contributed by atoms with van der Waals surface area (Å²) in [6, 6.07) is 5.55. The van der Waals surface area contributed by atoms with Gasteiger partial charge in [-0.05, 0) is 32.0 Å². The van der Waals surface area contributed by atoms with Crippen molar-refractivity contribution in [2.24, 2.45) is 0 Å². The number of hydrogen-bond donors (Lipinski definition) is 1. The van der Waals surface area contributed by atoms with Gasteiger partial charge < -0.3 is 10.5 Å². The number of ether oxygens (including phenoxy) is 1. The summed E-state index contributed by atoms with van der Waals surface area (Å²) in [5.41, 5.74) is 6.39. The molecule has 0 aliphatic carbocycles. The lowest BCUT2D eigenvalue weighted by Crippen LogP contribution is -2.47. The molecule has 2 rings (SSSR count). The highest BCUT2D eigenvalue weighted by Crippen LogP contribution is 2.22. The van der Waals surface area contributed by atoms with Crippen LogP contribution >= 0.6 is 11.6 Å². The maximum Gasteiger partial charge on any atom is 0.0821 e. The van der Waals surface area contributed by atoms with E-state index < -0.39 is 10.8 Å². The minimum Gasteiger partial charge on any atom is -0.398 e. The number of hydrogen-bond acceptors (Lipinski definition) is 4. The second kappa shape index (κ2) is 6.89. The van der Waals surface area contributed by atoms with Crippen LogP contribution in [0.1, 0.15) is 13.8 Å². The monoisotopic (exact) mass is 316 g/mol. The number of rotatable bonds is 4. The molecule has 0 amide bonds. The van der Waals surface area contributed by atoms with Gasteiger partial charge in [-0.2, -0.15) is 0 Å². The Labute approximate surface area is 127 Å². The van der Waals surface area contributed by atoms with Crippen LogP contribution in [0.15, 0.2) is 23.1 Å². The van der Waals surface area contributed by atoms with E-state index in [9.17, 15) is 4.21 Å². The number of nitrogens with two attached hydrogens (primary N) is 1. The van der Waals surface area contributed by atoms with Crippen LogP contribution in [0.2, 0.25) is 5.02 Å². The minimum absolute atomic E-state index is 0.0228. The van der Waals surface area contributed by atoms with Gasteiger partial charge in [-0.1, -0.05) is 11.6 Å². The van der Waals surface area contributed by atoms with E-state index in [0.717, 1.165) is 13.1 Å². The molecule has 2 unspecified atom stereocenters. The van der Waals surface area contributed by atoms with E-state index in [1.807, 2.05) is 0 Å². The first kappa shape index (κ1) is 15.8. The van der Waals surface area contributed by atoms with Crippen LogP contribution in [-0.4, -0.2) is 46.7 Å². The second-order valence-electron chi connectivity index (χ2n) is 5.28. The average Bonchev–Trinajstić information content (AvgIpc) is 2.41. The zero-order chi connectivity index (χ0) is 14.7. The molecule has 20 heavy (non-hydrogen) atoms. The summed E-state index contributed by atoms with van der Waals surface area (Å²) < 4.78 is 18.1. The van der Waals surface area contributed by atoms with Crippen molar-refractivity contribution < 1.29 is 8.95 Å². The lowest BCUT2D eigenvalue weighted by molar-refractivity contribution is -0.0268. The van der Waals surface area contributed by atoms with E-state index in [4.69, 9.17) is 22.1 Å². The number of anilines is 1. The Bertz CT molecular complexity index is 496. The van der Waals surface area contributed by atoms with Gasteiger partial charge in [0.15, 0.2) is 0 Å². The molecule has 0 spiro atoms. The van der Waals surface area contributed by atoms with Crippen LogP contribution in [0.25, 0.3) is 0 Å². The van der Waals surface area contributed by atoms with Crippen molar-refractivity contribution in [2.45, 2.75) is 30.9 Å². The van der Waals surface area contributed by atoms with E-state index in [1.165, 1.54) is 0 Å². The predicted molar refractivity (Wildman–Crippen MR) is 83.6 cm³/mol. The first-order valence-corrected chi connectivity index (χ1v) is 8.46. The molecular weight excluding hydrogens is 296 g/mol. The summed E-state index contributed by atoms with van der Waals surface area (Å²) in [5.74, 6) is 0.452. The fraction of sp³-hybridized carbons (Fsp3) is 0.571. The molecule has 1 aromatic rings. The van der Waals surface area contributed by atoms with Gasteiger partial charge in [-0.3, -0.25) is 9.11 Å². The van der Waals surface area contributed by atoms with Gasteiger partial charge in [0.1, 0.15) is 0 Å². The summed E-state index contributed by atoms with van der Waals surface area (Å²) in [5, 5.41) is 0.552. The van der Waals surface area contributed by atoms with Gasteiger partial charge in [-0.15, -0.1) is 0 Å². The highest BCUT2D eigenvalue weighted by Gasteiger charge is 2.24. The van der Waals surface area contributed by atoms with E-state index in [-0.39, 0.29) is 6.10 Å². The normalized spacial score (nSPS) is 22.1. The molecule has 4 nitrogen and oxygen atoms in total. The summed E-state index contributed by atoms with van der Waals surface area (Å²) in [6.45, 7) is 6.75. The van der Waals surface area contributed by atoms with Gasteiger partial charge in [0.05, 0.1) is 34.2 Å². The Morgan fingerprint density at radius 3 is 3.00 bits per heavy atom. The smallest absolute Gasteiger partial charge is 0.0821 e. The molecule has 112 valence electrons. The second-order valence-corrected chi connectivity index (χ2v) is 7.18. The molecule has 2 atom stereocenters. The molecule has 6 heteroatoms. The summed E-state index contributed by atoms with van der Waals surface area (Å²) in [7, 11) is -1.19. The molecule has 1 aliphatic heterocycles. The van der Waals surface area contributed by atoms with E-state index >= 15 is 0 Å². The predicted octanol–water partition coefficient (Wildman–Crippen LogP) is 2.14. The molecule has 1 heterocycles. The Kier molecular flexibility index (Phi) is 5.43. The highest BCUT2D eigenvalue weighted by molar-refractivity contribution is 7.85. The zero-order valence-electron chi connectivity index (χ0n) is 11.8. The molecule has 2 N–H and O–H groups in total. The largest absolute Gasteiger partial charge is 0.398 e.